The number of nitrogens with zero attached hydrogens (tertiary/aromatic N) is 1. The summed E-state index contributed by atoms with van der Waals surface area (Å²) in [6.45, 7) is 4.13. The molecule has 5 heteroatoms. The van der Waals surface area contributed by atoms with E-state index in [0.717, 1.165) is 36.1 Å². The second-order valence-electron chi connectivity index (χ2n) is 8.67. The Balaban J connectivity index is 1.42. The van der Waals surface area contributed by atoms with Gasteiger partial charge in [-0.15, -0.1) is 0 Å². The number of carbonyl (C=O) groups excluding carboxylic acids is 3. The first-order chi connectivity index (χ1) is 15.0. The Labute approximate surface area is 182 Å². The first-order valence-corrected chi connectivity index (χ1v) is 11.1. The molecule has 158 valence electrons. The van der Waals surface area contributed by atoms with E-state index in [-0.39, 0.29) is 41.4 Å². The predicted octanol–water partition coefficient (Wildman–Crippen LogP) is 4.38. The molecule has 1 saturated carbocycles. The molecule has 3 aliphatic rings. The minimum Gasteiger partial charge on any atom is -0.321 e. The molecule has 0 radical (unpaired) electrons. The van der Waals surface area contributed by atoms with E-state index < -0.39 is 0 Å². The van der Waals surface area contributed by atoms with Crippen molar-refractivity contribution in [2.75, 3.05) is 10.2 Å². The minimum absolute atomic E-state index is 0.131. The molecule has 2 aromatic rings. The van der Waals surface area contributed by atoms with Gasteiger partial charge in [-0.2, -0.15) is 0 Å². The van der Waals surface area contributed by atoms with Crippen LogP contribution >= 0.6 is 0 Å². The van der Waals surface area contributed by atoms with E-state index in [2.05, 4.69) is 31.3 Å². The summed E-state index contributed by atoms with van der Waals surface area (Å²) in [5.41, 5.74) is 3.95. The van der Waals surface area contributed by atoms with Crippen molar-refractivity contribution in [3.05, 3.63) is 71.3 Å². The van der Waals surface area contributed by atoms with Crippen LogP contribution in [0.1, 0.15) is 41.8 Å². The van der Waals surface area contributed by atoms with Gasteiger partial charge in [0.1, 0.15) is 0 Å². The predicted molar refractivity (Wildman–Crippen MR) is 120 cm³/mol. The smallest absolute Gasteiger partial charge is 0.255 e. The number of allylic oxidation sites excluding steroid dienone is 2. The van der Waals surface area contributed by atoms with Crippen LogP contribution in [0.25, 0.3) is 0 Å². The topological polar surface area (TPSA) is 66.5 Å². The van der Waals surface area contributed by atoms with Gasteiger partial charge in [0.25, 0.3) is 5.91 Å². The largest absolute Gasteiger partial charge is 0.321 e. The van der Waals surface area contributed by atoms with E-state index in [1.165, 1.54) is 4.90 Å². The zero-order chi connectivity index (χ0) is 21.7. The summed E-state index contributed by atoms with van der Waals surface area (Å²) in [4.78, 5) is 40.6. The van der Waals surface area contributed by atoms with Gasteiger partial charge in [0, 0.05) is 11.3 Å². The van der Waals surface area contributed by atoms with Crippen molar-refractivity contribution in [2.24, 2.45) is 23.7 Å². The molecule has 5 rings (SSSR count). The number of nitrogens with one attached hydrogen (secondary N) is 1. The molecular weight excluding hydrogens is 388 g/mol. The molecular formula is C26H26N2O3. The van der Waals surface area contributed by atoms with Gasteiger partial charge in [0.2, 0.25) is 11.8 Å². The van der Waals surface area contributed by atoms with Crippen LogP contribution in [0.4, 0.5) is 11.4 Å². The number of hydrogen-bond donors (Lipinski definition) is 1. The van der Waals surface area contributed by atoms with E-state index in [1.54, 1.807) is 24.3 Å². The summed E-state index contributed by atoms with van der Waals surface area (Å²) < 4.78 is 0. The van der Waals surface area contributed by atoms with Crippen LogP contribution in [0.3, 0.4) is 0 Å². The fourth-order valence-electron chi connectivity index (χ4n) is 5.53. The maximum Gasteiger partial charge on any atom is 0.255 e. The van der Waals surface area contributed by atoms with Crippen molar-refractivity contribution in [2.45, 2.75) is 33.1 Å². The number of rotatable bonds is 5. The van der Waals surface area contributed by atoms with Crippen molar-refractivity contribution in [3.8, 4) is 0 Å². The van der Waals surface area contributed by atoms with Crippen molar-refractivity contribution >= 4 is 29.1 Å². The van der Waals surface area contributed by atoms with Gasteiger partial charge in [-0.3, -0.25) is 14.4 Å². The number of anilines is 2. The summed E-state index contributed by atoms with van der Waals surface area (Å²) in [6, 6.07) is 12.9. The average Bonchev–Trinajstić information content (AvgIpc) is 3.47. The molecule has 0 unspecified atom stereocenters. The second-order valence-corrected chi connectivity index (χ2v) is 8.67. The second kappa shape index (κ2) is 7.49. The van der Waals surface area contributed by atoms with Crippen molar-refractivity contribution < 1.29 is 14.4 Å². The standard InChI is InChI=1S/C26H26N2O3/c1-3-15-7-5-8-16(4-2)23(15)27-24(29)19-9-6-10-20(14-19)28-25(30)21-17-11-12-18(13-17)22(21)26(28)31/h5-12,14,17-18,21-22H,3-4,13H2,1-2H3,(H,27,29)/t17-,18-,21+,22+/m0/s1. The third kappa shape index (κ3) is 3.02. The molecule has 31 heavy (non-hydrogen) atoms. The van der Waals surface area contributed by atoms with Gasteiger partial charge < -0.3 is 5.32 Å². The Hall–Kier alpha value is -3.21. The SMILES string of the molecule is CCc1cccc(CC)c1NC(=O)c1cccc(N2C(=O)[C@H]3[C@H](C2=O)[C@H]2C=C[C@H]3C2)c1. The Morgan fingerprint density at radius 2 is 1.52 bits per heavy atom. The fraction of sp³-hybridized carbons (Fsp3) is 0.346. The maximum absolute atomic E-state index is 13.1. The Morgan fingerprint density at radius 3 is 2.10 bits per heavy atom. The highest BCUT2D eigenvalue weighted by Crippen LogP contribution is 2.53. The van der Waals surface area contributed by atoms with Crippen LogP contribution in [-0.2, 0) is 22.4 Å². The van der Waals surface area contributed by atoms with E-state index >= 15 is 0 Å². The highest BCUT2D eigenvalue weighted by atomic mass is 16.2. The van der Waals surface area contributed by atoms with E-state index in [1.807, 2.05) is 18.2 Å². The van der Waals surface area contributed by atoms with Gasteiger partial charge >= 0.3 is 0 Å². The fourth-order valence-corrected chi connectivity index (χ4v) is 5.53. The van der Waals surface area contributed by atoms with Crippen LogP contribution < -0.4 is 10.2 Å². The third-order valence-corrected chi connectivity index (χ3v) is 7.07. The molecule has 1 aliphatic heterocycles. The molecule has 2 aliphatic carbocycles. The molecule has 1 N–H and O–H groups in total. The van der Waals surface area contributed by atoms with Gasteiger partial charge in [-0.05, 0) is 60.4 Å². The first kappa shape index (κ1) is 19.7. The van der Waals surface area contributed by atoms with Crippen LogP contribution in [0.5, 0.6) is 0 Å². The van der Waals surface area contributed by atoms with Crippen LogP contribution in [0, 0.1) is 23.7 Å². The molecule has 0 spiro atoms. The lowest BCUT2D eigenvalue weighted by molar-refractivity contribution is -0.123. The lowest BCUT2D eigenvalue weighted by Crippen LogP contribution is -2.33. The number of fused-ring (bicyclic) bond motifs is 5. The van der Waals surface area contributed by atoms with Gasteiger partial charge in [-0.25, -0.2) is 4.90 Å². The van der Waals surface area contributed by atoms with Crippen molar-refractivity contribution in [1.29, 1.82) is 0 Å². The van der Waals surface area contributed by atoms with E-state index in [4.69, 9.17) is 0 Å². The van der Waals surface area contributed by atoms with Crippen LogP contribution in [0.15, 0.2) is 54.6 Å². The maximum atomic E-state index is 13.1. The van der Waals surface area contributed by atoms with Crippen molar-refractivity contribution in [1.82, 2.24) is 0 Å². The summed E-state index contributed by atoms with van der Waals surface area (Å²) in [5, 5.41) is 3.06. The summed E-state index contributed by atoms with van der Waals surface area (Å²) in [6.07, 6.45) is 6.71. The van der Waals surface area contributed by atoms with Gasteiger partial charge in [0.15, 0.2) is 0 Å². The summed E-state index contributed by atoms with van der Waals surface area (Å²) in [5.74, 6) is -0.657. The number of carbonyl (C=O) groups is 3. The van der Waals surface area contributed by atoms with Crippen LogP contribution in [0.2, 0.25) is 0 Å². The lowest BCUT2D eigenvalue weighted by atomic mass is 9.85. The number of amides is 3. The molecule has 2 bridgehead atoms. The number of benzene rings is 2. The normalized spacial score (nSPS) is 25.9. The average molecular weight is 415 g/mol. The molecule has 1 saturated heterocycles. The molecule has 1 heterocycles. The highest BCUT2D eigenvalue weighted by molar-refractivity contribution is 6.23. The lowest BCUT2D eigenvalue weighted by Gasteiger charge is -2.18. The number of para-hydroxylation sites is 1. The number of imide groups is 1. The molecule has 2 fully saturated rings. The monoisotopic (exact) mass is 414 g/mol. The van der Waals surface area contributed by atoms with Gasteiger partial charge in [-0.1, -0.05) is 50.3 Å². The Bertz CT molecular complexity index is 1070. The third-order valence-electron chi connectivity index (χ3n) is 7.07. The number of aryl methyl sites for hydroxylation is 2. The molecule has 3 amide bonds. The van der Waals surface area contributed by atoms with E-state index in [9.17, 15) is 14.4 Å². The highest BCUT2D eigenvalue weighted by Gasteiger charge is 2.59. The summed E-state index contributed by atoms with van der Waals surface area (Å²) >= 11 is 0. The van der Waals surface area contributed by atoms with E-state index in [0.29, 0.717) is 11.3 Å². The van der Waals surface area contributed by atoms with Crippen molar-refractivity contribution in [3.63, 3.8) is 0 Å². The molecule has 0 aromatic heterocycles. The first-order valence-electron chi connectivity index (χ1n) is 11.1. The summed E-state index contributed by atoms with van der Waals surface area (Å²) in [7, 11) is 0. The number of hydrogen-bond acceptors (Lipinski definition) is 3. The quantitative estimate of drug-likeness (QED) is 0.583. The zero-order valence-electron chi connectivity index (χ0n) is 17.8. The molecule has 2 aromatic carbocycles. The molecule has 4 atom stereocenters. The molecule has 5 nitrogen and oxygen atoms in total. The van der Waals surface area contributed by atoms with Crippen LogP contribution in [-0.4, -0.2) is 17.7 Å². The Morgan fingerprint density at radius 1 is 0.935 bits per heavy atom. The van der Waals surface area contributed by atoms with Gasteiger partial charge in [0.05, 0.1) is 17.5 Å². The zero-order valence-corrected chi connectivity index (χ0v) is 17.8. The Kier molecular flexibility index (Phi) is 4.77. The minimum atomic E-state index is -0.247.